The predicted molar refractivity (Wildman–Crippen MR) is 119 cm³/mol. The molecular formula is C24H28ClNO5. The van der Waals surface area contributed by atoms with Gasteiger partial charge in [0.15, 0.2) is 12.4 Å². The van der Waals surface area contributed by atoms with Crippen molar-refractivity contribution in [2.75, 3.05) is 20.3 Å². The van der Waals surface area contributed by atoms with Crippen LogP contribution in [0.15, 0.2) is 48.5 Å². The first-order chi connectivity index (χ1) is 15.0. The monoisotopic (exact) mass is 445 g/mol. The first-order valence-corrected chi connectivity index (χ1v) is 10.9. The number of ketones is 1. The lowest BCUT2D eigenvalue weighted by Crippen LogP contribution is -2.40. The number of ether oxygens (including phenoxy) is 3. The van der Waals surface area contributed by atoms with E-state index >= 15 is 0 Å². The minimum Gasteiger partial charge on any atom is -0.497 e. The molecule has 1 aliphatic carbocycles. The van der Waals surface area contributed by atoms with Crippen LogP contribution in [-0.4, -0.2) is 38.1 Å². The van der Waals surface area contributed by atoms with Crippen LogP contribution in [0.25, 0.3) is 0 Å². The SMILES string of the molecule is COc1ccc(OCC(=O)NC2CCC(CC(=O)COc3ccc(Cl)cc3)CC2)cc1. The Hall–Kier alpha value is -2.73. The average molecular weight is 446 g/mol. The Morgan fingerprint density at radius 3 is 2.03 bits per heavy atom. The summed E-state index contributed by atoms with van der Waals surface area (Å²) in [5, 5.41) is 3.66. The highest BCUT2D eigenvalue weighted by Crippen LogP contribution is 2.27. The summed E-state index contributed by atoms with van der Waals surface area (Å²) in [6, 6.07) is 14.2. The minimum atomic E-state index is -0.133. The van der Waals surface area contributed by atoms with E-state index in [-0.39, 0.29) is 30.9 Å². The number of halogens is 1. The summed E-state index contributed by atoms with van der Waals surface area (Å²) in [6.45, 7) is 0.0494. The third-order valence-electron chi connectivity index (χ3n) is 5.37. The fourth-order valence-corrected chi connectivity index (χ4v) is 3.80. The second-order valence-corrected chi connectivity index (χ2v) is 8.17. The van der Waals surface area contributed by atoms with E-state index in [1.54, 1.807) is 55.6 Å². The molecule has 0 aliphatic heterocycles. The van der Waals surface area contributed by atoms with Gasteiger partial charge in [-0.1, -0.05) is 11.6 Å². The van der Waals surface area contributed by atoms with E-state index in [9.17, 15) is 9.59 Å². The topological polar surface area (TPSA) is 73.9 Å². The van der Waals surface area contributed by atoms with E-state index in [1.165, 1.54) is 0 Å². The van der Waals surface area contributed by atoms with Gasteiger partial charge < -0.3 is 19.5 Å². The van der Waals surface area contributed by atoms with E-state index in [0.29, 0.717) is 28.9 Å². The highest BCUT2D eigenvalue weighted by Gasteiger charge is 2.24. The summed E-state index contributed by atoms with van der Waals surface area (Å²) in [5.41, 5.74) is 0. The lowest BCUT2D eigenvalue weighted by molar-refractivity contribution is -0.125. The second kappa shape index (κ2) is 11.6. The highest BCUT2D eigenvalue weighted by atomic mass is 35.5. The molecule has 1 aliphatic rings. The van der Waals surface area contributed by atoms with Crippen molar-refractivity contribution in [3.8, 4) is 17.2 Å². The van der Waals surface area contributed by atoms with E-state index in [4.69, 9.17) is 25.8 Å². The lowest BCUT2D eigenvalue weighted by atomic mass is 9.83. The molecule has 0 saturated heterocycles. The van der Waals surface area contributed by atoms with Crippen LogP contribution < -0.4 is 19.5 Å². The normalized spacial score (nSPS) is 18.1. The van der Waals surface area contributed by atoms with Crippen molar-refractivity contribution in [2.24, 2.45) is 5.92 Å². The molecule has 1 fully saturated rings. The third-order valence-corrected chi connectivity index (χ3v) is 5.62. The summed E-state index contributed by atoms with van der Waals surface area (Å²) in [5.74, 6) is 2.30. The molecule has 1 amide bonds. The van der Waals surface area contributed by atoms with Gasteiger partial charge in [0.2, 0.25) is 0 Å². The van der Waals surface area contributed by atoms with Gasteiger partial charge in [-0.15, -0.1) is 0 Å². The average Bonchev–Trinajstić information content (AvgIpc) is 2.79. The molecule has 1 N–H and O–H groups in total. The molecule has 0 unspecified atom stereocenters. The molecule has 7 heteroatoms. The van der Waals surface area contributed by atoms with Gasteiger partial charge in [-0.05, 0) is 80.1 Å². The van der Waals surface area contributed by atoms with E-state index < -0.39 is 0 Å². The van der Waals surface area contributed by atoms with Crippen molar-refractivity contribution in [1.29, 1.82) is 0 Å². The number of Topliss-reactive ketones (excluding diaryl/α,β-unsaturated/α-hetero) is 1. The smallest absolute Gasteiger partial charge is 0.258 e. The Balaban J connectivity index is 1.30. The number of carbonyl (C=O) groups is 2. The van der Waals surface area contributed by atoms with Crippen LogP contribution >= 0.6 is 11.6 Å². The summed E-state index contributed by atoms with van der Waals surface area (Å²) in [4.78, 5) is 24.4. The number of carbonyl (C=O) groups excluding carboxylic acids is 2. The van der Waals surface area contributed by atoms with Crippen molar-refractivity contribution in [2.45, 2.75) is 38.1 Å². The van der Waals surface area contributed by atoms with Gasteiger partial charge in [0, 0.05) is 17.5 Å². The number of hydrogen-bond donors (Lipinski definition) is 1. The highest BCUT2D eigenvalue weighted by molar-refractivity contribution is 6.30. The Morgan fingerprint density at radius 1 is 0.871 bits per heavy atom. The van der Waals surface area contributed by atoms with Crippen LogP contribution in [0.2, 0.25) is 5.02 Å². The molecule has 6 nitrogen and oxygen atoms in total. The van der Waals surface area contributed by atoms with Gasteiger partial charge in [0.1, 0.15) is 23.9 Å². The zero-order valence-corrected chi connectivity index (χ0v) is 18.4. The fraction of sp³-hybridized carbons (Fsp3) is 0.417. The molecule has 3 rings (SSSR count). The second-order valence-electron chi connectivity index (χ2n) is 7.73. The predicted octanol–water partition coefficient (Wildman–Crippen LogP) is 4.44. The molecule has 0 aromatic heterocycles. The zero-order chi connectivity index (χ0) is 22.1. The molecule has 1 saturated carbocycles. The fourth-order valence-electron chi connectivity index (χ4n) is 3.68. The standard InChI is InChI=1S/C24H28ClNO5/c1-29-21-10-12-23(13-11-21)31-16-24(28)26-19-6-2-17(3-7-19)14-20(27)15-30-22-8-4-18(25)5-9-22/h4-5,8-13,17,19H,2-3,6-7,14-16H2,1H3,(H,26,28). The van der Waals surface area contributed by atoms with Gasteiger partial charge >= 0.3 is 0 Å². The number of nitrogens with one attached hydrogen (secondary N) is 1. The zero-order valence-electron chi connectivity index (χ0n) is 17.6. The Labute approximate surface area is 187 Å². The minimum absolute atomic E-state index is 0.0211. The van der Waals surface area contributed by atoms with Crippen molar-refractivity contribution in [3.63, 3.8) is 0 Å². The molecule has 2 aromatic carbocycles. The van der Waals surface area contributed by atoms with Gasteiger partial charge in [-0.3, -0.25) is 9.59 Å². The molecule has 31 heavy (non-hydrogen) atoms. The molecule has 0 spiro atoms. The molecule has 166 valence electrons. The molecule has 0 radical (unpaired) electrons. The maximum atomic E-state index is 12.2. The number of hydrogen-bond acceptors (Lipinski definition) is 5. The van der Waals surface area contributed by atoms with Crippen LogP contribution in [0, 0.1) is 5.92 Å². The van der Waals surface area contributed by atoms with E-state index in [1.807, 2.05) is 0 Å². The first kappa shape index (κ1) is 22.9. The van der Waals surface area contributed by atoms with Gasteiger partial charge in [-0.2, -0.15) is 0 Å². The number of rotatable bonds is 10. The summed E-state index contributed by atoms with van der Waals surface area (Å²) in [6.07, 6.45) is 4.07. The largest absolute Gasteiger partial charge is 0.497 e. The Bertz CT molecular complexity index is 845. The van der Waals surface area contributed by atoms with Gasteiger partial charge in [0.05, 0.1) is 7.11 Å². The quantitative estimate of drug-likeness (QED) is 0.585. The molecule has 0 bridgehead atoms. The number of methoxy groups -OCH3 is 1. The summed E-state index contributed by atoms with van der Waals surface area (Å²) < 4.78 is 16.1. The Morgan fingerprint density at radius 2 is 1.42 bits per heavy atom. The van der Waals surface area contributed by atoms with Crippen LogP contribution in [0.4, 0.5) is 0 Å². The Kier molecular flexibility index (Phi) is 8.59. The van der Waals surface area contributed by atoms with Crippen LogP contribution in [0.3, 0.4) is 0 Å². The van der Waals surface area contributed by atoms with Crippen LogP contribution in [0.5, 0.6) is 17.2 Å². The lowest BCUT2D eigenvalue weighted by Gasteiger charge is -2.28. The van der Waals surface area contributed by atoms with Crippen molar-refractivity contribution >= 4 is 23.3 Å². The number of benzene rings is 2. The molecule has 0 atom stereocenters. The van der Waals surface area contributed by atoms with Gasteiger partial charge in [0.25, 0.3) is 5.91 Å². The van der Waals surface area contributed by atoms with E-state index in [2.05, 4.69) is 5.32 Å². The van der Waals surface area contributed by atoms with Crippen LogP contribution in [-0.2, 0) is 9.59 Å². The molecule has 0 heterocycles. The van der Waals surface area contributed by atoms with Crippen molar-refractivity contribution in [3.05, 3.63) is 53.6 Å². The summed E-state index contributed by atoms with van der Waals surface area (Å²) in [7, 11) is 1.60. The molecular weight excluding hydrogens is 418 g/mol. The molecule has 2 aromatic rings. The van der Waals surface area contributed by atoms with Gasteiger partial charge in [-0.25, -0.2) is 0 Å². The van der Waals surface area contributed by atoms with Crippen molar-refractivity contribution in [1.82, 2.24) is 5.32 Å². The summed E-state index contributed by atoms with van der Waals surface area (Å²) >= 11 is 5.84. The van der Waals surface area contributed by atoms with E-state index in [0.717, 1.165) is 31.4 Å². The maximum absolute atomic E-state index is 12.2. The van der Waals surface area contributed by atoms with Crippen molar-refractivity contribution < 1.29 is 23.8 Å². The maximum Gasteiger partial charge on any atom is 0.258 e. The third kappa shape index (κ3) is 7.79. The van der Waals surface area contributed by atoms with Crippen LogP contribution in [0.1, 0.15) is 32.1 Å². The first-order valence-electron chi connectivity index (χ1n) is 10.5. The number of amides is 1.